The molecule has 1 aromatic rings. The Balaban J connectivity index is 0.00000144. The number of hydrogen-bond acceptors (Lipinski definition) is 2. The van der Waals surface area contributed by atoms with Gasteiger partial charge in [0.05, 0.1) is 4.90 Å². The van der Waals surface area contributed by atoms with Crippen molar-refractivity contribution in [3.8, 4) is 0 Å². The van der Waals surface area contributed by atoms with Gasteiger partial charge >= 0.3 is 0 Å². The van der Waals surface area contributed by atoms with E-state index in [4.69, 9.17) is 5.14 Å². The molecule has 0 spiro atoms. The number of sulfonamides is 1. The first-order valence-electron chi connectivity index (χ1n) is 3.29. The Kier molecular flexibility index (Phi) is 4.44. The third kappa shape index (κ3) is 3.37. The van der Waals surface area contributed by atoms with Crippen LogP contribution in [0.1, 0.15) is 5.56 Å². The molecule has 3 nitrogen and oxygen atoms in total. The third-order valence-corrected chi connectivity index (χ3v) is 2.37. The fourth-order valence-electron chi connectivity index (χ4n) is 0.794. The van der Waals surface area contributed by atoms with Crippen LogP contribution in [-0.2, 0) is 10.0 Å². The number of nitrogens with two attached hydrogens (primary N) is 1. The number of benzene rings is 1. The summed E-state index contributed by atoms with van der Waals surface area (Å²) in [5.41, 5.74) is 0.863. The van der Waals surface area contributed by atoms with E-state index in [0.717, 1.165) is 5.56 Å². The summed E-state index contributed by atoms with van der Waals surface area (Å²) in [5.74, 6) is 0. The molecule has 13 heavy (non-hydrogen) atoms. The number of hydrogen-bond donors (Lipinski definition) is 1. The molecule has 0 saturated heterocycles. The molecule has 0 aliphatic heterocycles. The zero-order valence-electron chi connectivity index (χ0n) is 7.40. The van der Waals surface area contributed by atoms with Gasteiger partial charge in [0, 0.05) is 18.9 Å². The first-order chi connectivity index (χ1) is 5.54. The van der Waals surface area contributed by atoms with Crippen LogP contribution in [-0.4, -0.2) is 27.3 Å². The van der Waals surface area contributed by atoms with Crippen LogP contribution >= 0.6 is 0 Å². The third-order valence-electron chi connectivity index (χ3n) is 1.44. The second-order valence-electron chi connectivity index (χ2n) is 2.32. The smallest absolute Gasteiger partial charge is 0.225 e. The van der Waals surface area contributed by atoms with Crippen LogP contribution in [0.3, 0.4) is 0 Å². The Hall–Kier alpha value is -0.533. The average Bonchev–Trinajstić information content (AvgIpc) is 2.03. The summed E-state index contributed by atoms with van der Waals surface area (Å²) < 4.78 is 21.6. The van der Waals surface area contributed by atoms with Crippen molar-refractivity contribution >= 4 is 35.0 Å². The van der Waals surface area contributed by atoms with Gasteiger partial charge in [-0.25, -0.2) is 13.6 Å². The van der Waals surface area contributed by atoms with Crippen molar-refractivity contribution in [3.05, 3.63) is 36.4 Å². The van der Waals surface area contributed by atoms with Gasteiger partial charge in [-0.05, 0) is 17.7 Å². The van der Waals surface area contributed by atoms with Gasteiger partial charge in [0.15, 0.2) is 0 Å². The van der Waals surface area contributed by atoms with Crippen molar-refractivity contribution in [3.63, 3.8) is 0 Å². The topological polar surface area (TPSA) is 60.2 Å². The predicted octanol–water partition coefficient (Wildman–Crippen LogP) is 0.596. The molecule has 0 fully saturated rings. The molecular formula is C8H9LiNO2S. The van der Waals surface area contributed by atoms with Crippen LogP contribution < -0.4 is 5.14 Å². The molecule has 0 amide bonds. The fourth-order valence-corrected chi connectivity index (χ4v) is 1.31. The summed E-state index contributed by atoms with van der Waals surface area (Å²) in [5, 5.41) is 4.89. The van der Waals surface area contributed by atoms with Crippen molar-refractivity contribution in [1.82, 2.24) is 0 Å². The van der Waals surface area contributed by atoms with Gasteiger partial charge in [-0.2, -0.15) is 0 Å². The maximum absolute atomic E-state index is 10.8. The van der Waals surface area contributed by atoms with Gasteiger partial charge in [0.1, 0.15) is 0 Å². The standard InChI is InChI=1S/C8H9NO2S.Li/c1-2-7-3-5-8(6-4-7)12(9,10)11;/h2-6H,1H2,(H2,9,10,11);. The molecule has 1 radical (unpaired) electrons. The largest absolute Gasteiger partial charge is 0.238 e. The zero-order chi connectivity index (χ0) is 9.19. The van der Waals surface area contributed by atoms with Crippen molar-refractivity contribution in [1.29, 1.82) is 0 Å². The van der Waals surface area contributed by atoms with Crippen molar-refractivity contribution in [2.24, 2.45) is 5.14 Å². The van der Waals surface area contributed by atoms with E-state index in [1.54, 1.807) is 18.2 Å². The van der Waals surface area contributed by atoms with Gasteiger partial charge in [-0.3, -0.25) is 0 Å². The molecule has 1 aromatic carbocycles. The van der Waals surface area contributed by atoms with E-state index in [0.29, 0.717) is 0 Å². The molecule has 5 heteroatoms. The molecule has 0 aliphatic rings. The summed E-state index contributed by atoms with van der Waals surface area (Å²) in [6.45, 7) is 3.54. The molecule has 0 heterocycles. The minimum absolute atomic E-state index is 0. The molecule has 0 bridgehead atoms. The SMILES string of the molecule is C=Cc1ccc(S(N)(=O)=O)cc1.[Li]. The first-order valence-corrected chi connectivity index (χ1v) is 4.84. The average molecular weight is 190 g/mol. The van der Waals surface area contributed by atoms with Gasteiger partial charge < -0.3 is 0 Å². The second-order valence-corrected chi connectivity index (χ2v) is 3.88. The van der Waals surface area contributed by atoms with Gasteiger partial charge in [-0.15, -0.1) is 0 Å². The second kappa shape index (κ2) is 4.63. The van der Waals surface area contributed by atoms with Crippen molar-refractivity contribution < 1.29 is 8.42 Å². The maximum atomic E-state index is 10.8. The Morgan fingerprint density at radius 1 is 1.23 bits per heavy atom. The van der Waals surface area contributed by atoms with Crippen LogP contribution in [0.4, 0.5) is 0 Å². The Morgan fingerprint density at radius 3 is 2.00 bits per heavy atom. The zero-order valence-corrected chi connectivity index (χ0v) is 8.21. The van der Waals surface area contributed by atoms with E-state index in [2.05, 4.69) is 6.58 Å². The summed E-state index contributed by atoms with van der Waals surface area (Å²) in [6, 6.07) is 6.19. The van der Waals surface area contributed by atoms with E-state index in [9.17, 15) is 8.42 Å². The van der Waals surface area contributed by atoms with Crippen molar-refractivity contribution in [2.75, 3.05) is 0 Å². The van der Waals surface area contributed by atoms with Crippen LogP contribution in [0, 0.1) is 0 Å². The van der Waals surface area contributed by atoms with Crippen LogP contribution in [0.25, 0.3) is 6.08 Å². The maximum Gasteiger partial charge on any atom is 0.238 e. The van der Waals surface area contributed by atoms with Crippen LogP contribution in [0.15, 0.2) is 35.7 Å². The Bertz CT molecular complexity index is 383. The molecular weight excluding hydrogens is 181 g/mol. The van der Waals surface area contributed by atoms with E-state index < -0.39 is 10.0 Å². The monoisotopic (exact) mass is 190 g/mol. The number of rotatable bonds is 2. The fraction of sp³-hybridized carbons (Fsp3) is 0. The van der Waals surface area contributed by atoms with E-state index >= 15 is 0 Å². The van der Waals surface area contributed by atoms with Gasteiger partial charge in [0.25, 0.3) is 0 Å². The Morgan fingerprint density at radius 2 is 1.69 bits per heavy atom. The Labute approximate surface area is 89.9 Å². The van der Waals surface area contributed by atoms with Gasteiger partial charge in [-0.1, -0.05) is 24.8 Å². The van der Waals surface area contributed by atoms with Crippen molar-refractivity contribution in [2.45, 2.75) is 4.90 Å². The minimum Gasteiger partial charge on any atom is -0.225 e. The summed E-state index contributed by atoms with van der Waals surface area (Å²) in [6.07, 6.45) is 1.63. The summed E-state index contributed by atoms with van der Waals surface area (Å²) in [7, 11) is -3.56. The van der Waals surface area contributed by atoms with Gasteiger partial charge in [0.2, 0.25) is 10.0 Å². The van der Waals surface area contributed by atoms with E-state index in [-0.39, 0.29) is 23.8 Å². The molecule has 0 saturated carbocycles. The molecule has 65 valence electrons. The summed E-state index contributed by atoms with van der Waals surface area (Å²) in [4.78, 5) is 0.119. The summed E-state index contributed by atoms with van der Waals surface area (Å²) >= 11 is 0. The van der Waals surface area contributed by atoms with E-state index in [1.807, 2.05) is 0 Å². The molecule has 1 rings (SSSR count). The molecule has 0 aromatic heterocycles. The normalized spacial score (nSPS) is 10.2. The van der Waals surface area contributed by atoms with Crippen LogP contribution in [0.5, 0.6) is 0 Å². The number of primary sulfonamides is 1. The molecule has 0 aliphatic carbocycles. The van der Waals surface area contributed by atoms with E-state index in [1.165, 1.54) is 12.1 Å². The predicted molar refractivity (Wildman–Crippen MR) is 53.7 cm³/mol. The quantitative estimate of drug-likeness (QED) is 0.694. The minimum atomic E-state index is -3.56. The molecule has 0 atom stereocenters. The molecule has 0 unspecified atom stereocenters. The first kappa shape index (κ1) is 12.5. The van der Waals surface area contributed by atoms with Crippen LogP contribution in [0.2, 0.25) is 0 Å². The molecule has 2 N–H and O–H groups in total.